The monoisotopic (exact) mass is 286 g/mol. The molecule has 0 aromatic heterocycles. The quantitative estimate of drug-likeness (QED) is 0.653. The lowest BCUT2D eigenvalue weighted by molar-refractivity contribution is -0.132. The van der Waals surface area contributed by atoms with Gasteiger partial charge in [0.05, 0.1) is 6.42 Å². The van der Waals surface area contributed by atoms with Gasteiger partial charge in [0, 0.05) is 12.2 Å². The first kappa shape index (κ1) is 14.7. The number of alkyl halides is 3. The molecule has 0 heterocycles. The van der Waals surface area contributed by atoms with Crippen LogP contribution >= 0.6 is 0 Å². The Bertz CT molecular complexity index is 528. The molecule has 0 spiro atoms. The predicted molar refractivity (Wildman–Crippen MR) is 56.7 cm³/mol. The summed E-state index contributed by atoms with van der Waals surface area (Å²) in [6, 6.07) is 2.81. The van der Waals surface area contributed by atoms with Crippen molar-refractivity contribution >= 4 is 15.7 Å². The Balaban J connectivity index is 2.81. The molecule has 0 amide bonds. The number of nitrogens with one attached hydrogen (secondary N) is 1. The zero-order valence-electron chi connectivity index (χ0n) is 8.96. The Morgan fingerprint density at radius 3 is 2.39 bits per heavy atom. The topological polar surface area (TPSA) is 72.2 Å². The van der Waals surface area contributed by atoms with E-state index in [1.807, 2.05) is 0 Å². The van der Waals surface area contributed by atoms with Crippen molar-refractivity contribution in [1.82, 2.24) is 4.72 Å². The number of nitrogens with two attached hydrogens (primary N) is 1. The Kier molecular flexibility index (Phi) is 4.17. The van der Waals surface area contributed by atoms with Crippen molar-refractivity contribution in [2.75, 3.05) is 12.3 Å². The van der Waals surface area contributed by atoms with E-state index in [1.54, 1.807) is 4.72 Å². The van der Waals surface area contributed by atoms with Gasteiger partial charge in [-0.05, 0) is 18.2 Å². The summed E-state index contributed by atoms with van der Waals surface area (Å²) in [6.45, 7) is -0.852. The fourth-order valence-electron chi connectivity index (χ4n) is 1.14. The highest BCUT2D eigenvalue weighted by atomic mass is 32.2. The molecule has 0 unspecified atom stereocenters. The van der Waals surface area contributed by atoms with E-state index in [0.29, 0.717) is 0 Å². The molecular weight excluding hydrogens is 276 g/mol. The second-order valence-corrected chi connectivity index (χ2v) is 5.19. The molecule has 4 nitrogen and oxygen atoms in total. The lowest BCUT2D eigenvalue weighted by atomic mass is 10.3. The van der Waals surface area contributed by atoms with Gasteiger partial charge < -0.3 is 5.73 Å². The van der Waals surface area contributed by atoms with Crippen LogP contribution in [0.1, 0.15) is 6.42 Å². The van der Waals surface area contributed by atoms with Crippen molar-refractivity contribution in [3.63, 3.8) is 0 Å². The standard InChI is InChI=1S/C9H10F4N2O2S/c10-7-5-6(14)1-2-8(7)18(16,17)15-4-3-9(11,12)13/h1-2,5,15H,3-4,14H2. The van der Waals surface area contributed by atoms with Gasteiger partial charge in [0.2, 0.25) is 10.0 Å². The lowest BCUT2D eigenvalue weighted by Gasteiger charge is -2.09. The average molecular weight is 286 g/mol. The molecule has 0 aliphatic rings. The number of sulfonamides is 1. The molecule has 0 bridgehead atoms. The number of rotatable bonds is 4. The van der Waals surface area contributed by atoms with Crippen LogP contribution in [-0.2, 0) is 10.0 Å². The molecule has 0 fully saturated rings. The number of anilines is 1. The molecule has 0 aliphatic carbocycles. The van der Waals surface area contributed by atoms with Gasteiger partial charge in [-0.15, -0.1) is 0 Å². The van der Waals surface area contributed by atoms with Crippen LogP contribution in [0.4, 0.5) is 23.2 Å². The third-order valence-electron chi connectivity index (χ3n) is 1.95. The lowest BCUT2D eigenvalue weighted by Crippen LogP contribution is -2.28. The highest BCUT2D eigenvalue weighted by molar-refractivity contribution is 7.89. The van der Waals surface area contributed by atoms with E-state index >= 15 is 0 Å². The molecule has 102 valence electrons. The van der Waals surface area contributed by atoms with Gasteiger partial charge >= 0.3 is 6.18 Å². The number of benzene rings is 1. The second kappa shape index (κ2) is 5.11. The first-order valence-electron chi connectivity index (χ1n) is 4.73. The predicted octanol–water partition coefficient (Wildman–Crippen LogP) is 1.64. The molecular formula is C9H10F4N2O2S. The first-order valence-corrected chi connectivity index (χ1v) is 6.21. The van der Waals surface area contributed by atoms with Crippen LogP contribution in [0.3, 0.4) is 0 Å². The number of hydrogen-bond donors (Lipinski definition) is 2. The van der Waals surface area contributed by atoms with Crippen molar-refractivity contribution in [3.05, 3.63) is 24.0 Å². The summed E-state index contributed by atoms with van der Waals surface area (Å²) >= 11 is 0. The highest BCUT2D eigenvalue weighted by Gasteiger charge is 2.28. The maximum Gasteiger partial charge on any atom is 0.390 e. The summed E-state index contributed by atoms with van der Waals surface area (Å²) in [4.78, 5) is -0.737. The highest BCUT2D eigenvalue weighted by Crippen LogP contribution is 2.20. The minimum Gasteiger partial charge on any atom is -0.399 e. The Hall–Kier alpha value is -1.35. The van der Waals surface area contributed by atoms with Gasteiger partial charge in [0.25, 0.3) is 0 Å². The zero-order chi connectivity index (χ0) is 14.0. The number of hydrogen-bond acceptors (Lipinski definition) is 3. The van der Waals surface area contributed by atoms with E-state index in [4.69, 9.17) is 5.73 Å². The Morgan fingerprint density at radius 1 is 1.28 bits per heavy atom. The molecule has 9 heteroatoms. The van der Waals surface area contributed by atoms with E-state index < -0.39 is 39.9 Å². The van der Waals surface area contributed by atoms with E-state index in [-0.39, 0.29) is 5.69 Å². The largest absolute Gasteiger partial charge is 0.399 e. The van der Waals surface area contributed by atoms with E-state index in [9.17, 15) is 26.0 Å². The molecule has 0 aliphatic heterocycles. The van der Waals surface area contributed by atoms with E-state index in [0.717, 1.165) is 18.2 Å². The molecule has 0 radical (unpaired) electrons. The smallest absolute Gasteiger partial charge is 0.390 e. The number of halogens is 4. The van der Waals surface area contributed by atoms with Crippen LogP contribution in [0.5, 0.6) is 0 Å². The molecule has 0 saturated heterocycles. The molecule has 0 saturated carbocycles. The molecule has 3 N–H and O–H groups in total. The van der Waals surface area contributed by atoms with Crippen molar-refractivity contribution in [1.29, 1.82) is 0 Å². The minimum atomic E-state index is -4.48. The summed E-state index contributed by atoms with van der Waals surface area (Å²) in [7, 11) is -4.31. The van der Waals surface area contributed by atoms with Gasteiger partial charge in [-0.25, -0.2) is 17.5 Å². The van der Waals surface area contributed by atoms with Crippen LogP contribution in [0.25, 0.3) is 0 Å². The third kappa shape index (κ3) is 4.15. The maximum absolute atomic E-state index is 13.3. The van der Waals surface area contributed by atoms with E-state index in [1.165, 1.54) is 0 Å². The summed E-state index contributed by atoms with van der Waals surface area (Å²) in [5.74, 6) is -1.12. The van der Waals surface area contributed by atoms with Gasteiger partial charge in [-0.2, -0.15) is 13.2 Å². The molecule has 1 rings (SSSR count). The van der Waals surface area contributed by atoms with Crippen LogP contribution < -0.4 is 10.5 Å². The van der Waals surface area contributed by atoms with Crippen molar-refractivity contribution in [2.24, 2.45) is 0 Å². The maximum atomic E-state index is 13.3. The first-order chi connectivity index (χ1) is 8.12. The fourth-order valence-corrected chi connectivity index (χ4v) is 2.23. The second-order valence-electron chi connectivity index (χ2n) is 3.45. The van der Waals surface area contributed by atoms with Crippen molar-refractivity contribution in [3.8, 4) is 0 Å². The van der Waals surface area contributed by atoms with Gasteiger partial charge in [-0.1, -0.05) is 0 Å². The van der Waals surface area contributed by atoms with Gasteiger partial charge in [0.15, 0.2) is 0 Å². The summed E-state index contributed by atoms with van der Waals surface area (Å²) in [5.41, 5.74) is 5.24. The van der Waals surface area contributed by atoms with Crippen LogP contribution in [0.2, 0.25) is 0 Å². The average Bonchev–Trinajstić information content (AvgIpc) is 2.13. The molecule has 1 aromatic rings. The third-order valence-corrected chi connectivity index (χ3v) is 3.44. The SMILES string of the molecule is Nc1ccc(S(=O)(=O)NCCC(F)(F)F)c(F)c1. The molecule has 1 aromatic carbocycles. The summed E-state index contributed by atoms with van der Waals surface area (Å²) in [5, 5.41) is 0. The van der Waals surface area contributed by atoms with Crippen LogP contribution in [-0.4, -0.2) is 21.1 Å². The summed E-state index contributed by atoms with van der Waals surface area (Å²) in [6.07, 6.45) is -5.81. The van der Waals surface area contributed by atoms with Crippen LogP contribution in [0.15, 0.2) is 23.1 Å². The fraction of sp³-hybridized carbons (Fsp3) is 0.333. The van der Waals surface area contributed by atoms with Gasteiger partial charge in [0.1, 0.15) is 10.7 Å². The Labute approximate surface area is 101 Å². The molecule has 0 atom stereocenters. The van der Waals surface area contributed by atoms with Crippen molar-refractivity contribution in [2.45, 2.75) is 17.5 Å². The van der Waals surface area contributed by atoms with Crippen molar-refractivity contribution < 1.29 is 26.0 Å². The molecule has 18 heavy (non-hydrogen) atoms. The van der Waals surface area contributed by atoms with E-state index in [2.05, 4.69) is 0 Å². The number of nitrogen functional groups attached to an aromatic ring is 1. The van der Waals surface area contributed by atoms with Crippen LogP contribution in [0, 0.1) is 5.82 Å². The normalized spacial score (nSPS) is 12.7. The zero-order valence-corrected chi connectivity index (χ0v) is 9.78. The van der Waals surface area contributed by atoms with Gasteiger partial charge in [-0.3, -0.25) is 0 Å². The minimum absolute atomic E-state index is 0.0155. The Morgan fingerprint density at radius 2 is 1.89 bits per heavy atom. The summed E-state index contributed by atoms with van der Waals surface area (Å²) < 4.78 is 73.5.